The van der Waals surface area contributed by atoms with Gasteiger partial charge in [-0.2, -0.15) is 0 Å². The van der Waals surface area contributed by atoms with Crippen molar-refractivity contribution in [1.29, 1.82) is 0 Å². The average Bonchev–Trinajstić information content (AvgIpc) is 2.25. The molecule has 1 atom stereocenters. The van der Waals surface area contributed by atoms with Gasteiger partial charge in [-0.15, -0.1) is 13.2 Å². The predicted octanol–water partition coefficient (Wildman–Crippen LogP) is 3.25. The molecule has 0 aliphatic carbocycles. The summed E-state index contributed by atoms with van der Waals surface area (Å²) in [7, 11) is 1.26. The molecule has 0 aromatic heterocycles. The van der Waals surface area contributed by atoms with Crippen molar-refractivity contribution in [3.05, 3.63) is 23.8 Å². The first kappa shape index (κ1) is 15.5. The van der Waals surface area contributed by atoms with E-state index in [2.05, 4.69) is 4.74 Å². The Morgan fingerprint density at radius 3 is 2.37 bits per heavy atom. The van der Waals surface area contributed by atoms with Gasteiger partial charge < -0.3 is 15.2 Å². The molecule has 2 N–H and O–H groups in total. The highest BCUT2D eigenvalue weighted by molar-refractivity contribution is 5.42. The smallest absolute Gasteiger partial charge is 0.496 e. The summed E-state index contributed by atoms with van der Waals surface area (Å²) in [6.45, 7) is 0. The fourth-order valence-corrected chi connectivity index (χ4v) is 1.52. The van der Waals surface area contributed by atoms with E-state index in [4.69, 9.17) is 10.5 Å². The first-order chi connectivity index (χ1) is 8.73. The number of methoxy groups -OCH3 is 1. The Balaban J connectivity index is 3.02. The van der Waals surface area contributed by atoms with Crippen molar-refractivity contribution >= 4 is 0 Å². The van der Waals surface area contributed by atoms with E-state index in [1.54, 1.807) is 0 Å². The van der Waals surface area contributed by atoms with Crippen LogP contribution in [0.25, 0.3) is 0 Å². The first-order valence-corrected chi connectivity index (χ1v) is 5.20. The maximum absolute atomic E-state index is 12.2. The number of hydrogen-bond donors (Lipinski definition) is 1. The van der Waals surface area contributed by atoms with Crippen LogP contribution in [0, 0.1) is 0 Å². The summed E-state index contributed by atoms with van der Waals surface area (Å²) in [5, 5.41) is 0. The molecule has 0 amide bonds. The molecule has 1 aromatic carbocycles. The Morgan fingerprint density at radius 1 is 1.26 bits per heavy atom. The third-order valence-electron chi connectivity index (χ3n) is 2.27. The third kappa shape index (κ3) is 4.90. The Labute approximate surface area is 106 Å². The van der Waals surface area contributed by atoms with Crippen LogP contribution in [0.2, 0.25) is 0 Å². The summed E-state index contributed by atoms with van der Waals surface area (Å²) >= 11 is 0. The molecule has 0 heterocycles. The highest BCUT2D eigenvalue weighted by Crippen LogP contribution is 2.33. The molecule has 8 heteroatoms. The van der Waals surface area contributed by atoms with Gasteiger partial charge in [-0.05, 0) is 18.2 Å². The maximum Gasteiger partial charge on any atom is 0.573 e. The highest BCUT2D eigenvalue weighted by Gasteiger charge is 2.31. The molecule has 3 nitrogen and oxygen atoms in total. The molecule has 0 bridgehead atoms. The van der Waals surface area contributed by atoms with Gasteiger partial charge in [0.25, 0.3) is 0 Å². The molecule has 0 saturated heterocycles. The van der Waals surface area contributed by atoms with Crippen molar-refractivity contribution in [2.24, 2.45) is 5.73 Å². The molecule has 0 saturated carbocycles. The Morgan fingerprint density at radius 2 is 1.89 bits per heavy atom. The van der Waals surface area contributed by atoms with Gasteiger partial charge in [-0.3, -0.25) is 0 Å². The topological polar surface area (TPSA) is 44.5 Å². The van der Waals surface area contributed by atoms with Crippen molar-refractivity contribution < 1.29 is 31.4 Å². The van der Waals surface area contributed by atoms with Crippen LogP contribution in [-0.2, 0) is 0 Å². The number of halogens is 5. The maximum atomic E-state index is 12.2. The van der Waals surface area contributed by atoms with Crippen molar-refractivity contribution in [1.82, 2.24) is 0 Å². The molecule has 0 unspecified atom stereocenters. The molecule has 0 fully saturated rings. The third-order valence-corrected chi connectivity index (χ3v) is 2.27. The van der Waals surface area contributed by atoms with E-state index < -0.39 is 31.0 Å². The van der Waals surface area contributed by atoms with Crippen molar-refractivity contribution in [2.75, 3.05) is 7.11 Å². The van der Waals surface area contributed by atoms with E-state index in [1.807, 2.05) is 0 Å². The normalized spacial score (nSPS) is 13.5. The zero-order chi connectivity index (χ0) is 14.6. The summed E-state index contributed by atoms with van der Waals surface area (Å²) in [5.74, 6) is -0.407. The molecule has 108 valence electrons. The number of benzene rings is 1. The standard InChI is InChI=1S/C11H12F5NO2/c1-18-9-3-2-6(19-11(14,15)16)4-7(9)8(17)5-10(12)13/h2-4,8,10H,5,17H2,1H3/t8-/m1/s1. The molecule has 0 aliphatic rings. The van der Waals surface area contributed by atoms with E-state index in [-0.39, 0.29) is 11.3 Å². The lowest BCUT2D eigenvalue weighted by molar-refractivity contribution is -0.274. The van der Waals surface area contributed by atoms with Gasteiger partial charge in [-0.25, -0.2) is 8.78 Å². The largest absolute Gasteiger partial charge is 0.573 e. The SMILES string of the molecule is COc1ccc(OC(F)(F)F)cc1[C@H](N)CC(F)F. The molecule has 0 aliphatic heterocycles. The average molecular weight is 285 g/mol. The zero-order valence-electron chi connectivity index (χ0n) is 9.88. The van der Waals surface area contributed by atoms with E-state index in [9.17, 15) is 22.0 Å². The quantitative estimate of drug-likeness (QED) is 0.845. The highest BCUT2D eigenvalue weighted by atomic mass is 19.4. The summed E-state index contributed by atoms with van der Waals surface area (Å²) < 4.78 is 69.2. The molecule has 1 aromatic rings. The number of hydrogen-bond acceptors (Lipinski definition) is 3. The number of rotatable bonds is 5. The van der Waals surface area contributed by atoms with Crippen LogP contribution in [0.4, 0.5) is 22.0 Å². The first-order valence-electron chi connectivity index (χ1n) is 5.20. The second-order valence-electron chi connectivity index (χ2n) is 3.68. The van der Waals surface area contributed by atoms with Crippen LogP contribution in [-0.4, -0.2) is 19.9 Å². The lowest BCUT2D eigenvalue weighted by Crippen LogP contribution is -2.18. The lowest BCUT2D eigenvalue weighted by atomic mass is 10.0. The van der Waals surface area contributed by atoms with Crippen LogP contribution >= 0.6 is 0 Å². The molecule has 0 spiro atoms. The minimum atomic E-state index is -4.86. The number of nitrogens with two attached hydrogens (primary N) is 1. The van der Waals surface area contributed by atoms with E-state index in [0.717, 1.165) is 12.1 Å². The van der Waals surface area contributed by atoms with E-state index >= 15 is 0 Å². The van der Waals surface area contributed by atoms with Crippen LogP contribution in [0.5, 0.6) is 11.5 Å². The Kier molecular flexibility index (Phi) is 4.93. The van der Waals surface area contributed by atoms with Crippen molar-refractivity contribution in [2.45, 2.75) is 25.3 Å². The van der Waals surface area contributed by atoms with Gasteiger partial charge in [-0.1, -0.05) is 0 Å². The van der Waals surface area contributed by atoms with Crippen LogP contribution < -0.4 is 15.2 Å². The zero-order valence-corrected chi connectivity index (χ0v) is 9.88. The van der Waals surface area contributed by atoms with Gasteiger partial charge in [0.1, 0.15) is 11.5 Å². The lowest BCUT2D eigenvalue weighted by Gasteiger charge is -2.17. The van der Waals surface area contributed by atoms with Gasteiger partial charge in [0.2, 0.25) is 6.43 Å². The number of alkyl halides is 5. The fraction of sp³-hybridized carbons (Fsp3) is 0.455. The van der Waals surface area contributed by atoms with E-state index in [0.29, 0.717) is 0 Å². The second kappa shape index (κ2) is 6.05. The minimum Gasteiger partial charge on any atom is -0.496 e. The molecular weight excluding hydrogens is 273 g/mol. The minimum absolute atomic E-state index is 0.0320. The van der Waals surface area contributed by atoms with Crippen LogP contribution in [0.15, 0.2) is 18.2 Å². The fourth-order valence-electron chi connectivity index (χ4n) is 1.52. The van der Waals surface area contributed by atoms with E-state index in [1.165, 1.54) is 13.2 Å². The van der Waals surface area contributed by atoms with Gasteiger partial charge >= 0.3 is 6.36 Å². The van der Waals surface area contributed by atoms with Gasteiger partial charge in [0, 0.05) is 18.0 Å². The predicted molar refractivity (Wildman–Crippen MR) is 57.2 cm³/mol. The summed E-state index contributed by atoms with van der Waals surface area (Å²) in [6.07, 6.45) is -8.23. The molecule has 1 rings (SSSR count). The van der Waals surface area contributed by atoms with Gasteiger partial charge in [0.05, 0.1) is 7.11 Å². The Hall–Kier alpha value is -1.57. The second-order valence-corrected chi connectivity index (χ2v) is 3.68. The molecule has 0 radical (unpaired) electrons. The monoisotopic (exact) mass is 285 g/mol. The number of ether oxygens (including phenoxy) is 2. The molecule has 19 heavy (non-hydrogen) atoms. The van der Waals surface area contributed by atoms with Crippen LogP contribution in [0.3, 0.4) is 0 Å². The van der Waals surface area contributed by atoms with Gasteiger partial charge in [0.15, 0.2) is 0 Å². The van der Waals surface area contributed by atoms with Crippen LogP contribution in [0.1, 0.15) is 18.0 Å². The summed E-state index contributed by atoms with van der Waals surface area (Å²) in [5.41, 5.74) is 5.54. The van der Waals surface area contributed by atoms with Crippen molar-refractivity contribution in [3.8, 4) is 11.5 Å². The summed E-state index contributed by atoms with van der Waals surface area (Å²) in [6, 6.07) is 2.00. The molecular formula is C11H12F5NO2. The Bertz CT molecular complexity index is 422. The summed E-state index contributed by atoms with van der Waals surface area (Å²) in [4.78, 5) is 0. The van der Waals surface area contributed by atoms with Crippen molar-refractivity contribution in [3.63, 3.8) is 0 Å².